The van der Waals surface area contributed by atoms with Crippen LogP contribution >= 0.6 is 0 Å². The summed E-state index contributed by atoms with van der Waals surface area (Å²) in [5.41, 5.74) is 0. The maximum absolute atomic E-state index is 11.1. The van der Waals surface area contributed by atoms with E-state index in [1.165, 1.54) is 0 Å². The van der Waals surface area contributed by atoms with Crippen LogP contribution in [0.15, 0.2) is 0 Å². The summed E-state index contributed by atoms with van der Waals surface area (Å²) in [7, 11) is 0. The van der Waals surface area contributed by atoms with Gasteiger partial charge in [0.25, 0.3) is 0 Å². The summed E-state index contributed by atoms with van der Waals surface area (Å²) < 4.78 is 47.0. The lowest BCUT2D eigenvalue weighted by Crippen LogP contribution is -2.15. The zero-order valence-corrected chi connectivity index (χ0v) is 20.2. The highest BCUT2D eigenvalue weighted by molar-refractivity contribution is 5.69. The van der Waals surface area contributed by atoms with Gasteiger partial charge >= 0.3 is 11.9 Å². The minimum atomic E-state index is -0.253. The molecule has 11 heteroatoms. The molecule has 0 bridgehead atoms. The monoisotopic (exact) mass is 482 g/mol. The third kappa shape index (κ3) is 26.8. The summed E-state index contributed by atoms with van der Waals surface area (Å²) in [6.45, 7) is 10.6. The zero-order chi connectivity index (χ0) is 24.2. The normalized spacial score (nSPS) is 11.0. The molecule has 0 aromatic rings. The first-order chi connectivity index (χ1) is 16.2. The Bertz CT molecular complexity index is 397. The highest BCUT2D eigenvalue weighted by atomic mass is 16.6. The van der Waals surface area contributed by atoms with E-state index in [1.807, 2.05) is 0 Å². The average molecular weight is 483 g/mol. The van der Waals surface area contributed by atoms with Crippen molar-refractivity contribution < 1.29 is 52.2 Å². The number of carbonyl (C=O) groups excluding carboxylic acids is 2. The lowest BCUT2D eigenvalue weighted by molar-refractivity contribution is -0.145. The van der Waals surface area contributed by atoms with Crippen molar-refractivity contribution in [2.24, 2.45) is 0 Å². The second-order valence-electron chi connectivity index (χ2n) is 6.40. The van der Waals surface area contributed by atoms with Gasteiger partial charge in [0.1, 0.15) is 0 Å². The van der Waals surface area contributed by atoms with E-state index in [-0.39, 0.29) is 24.8 Å². The molecule has 0 saturated carbocycles. The first kappa shape index (κ1) is 31.7. The number of rotatable bonds is 26. The largest absolute Gasteiger partial charge is 0.466 e. The topological polar surface area (TPSA) is 117 Å². The average Bonchev–Trinajstić information content (AvgIpc) is 2.80. The summed E-state index contributed by atoms with van der Waals surface area (Å²) in [5, 5.41) is 0. The molecule has 0 aliphatic heterocycles. The quantitative estimate of drug-likeness (QED) is 0.130. The molecule has 0 aromatic carbocycles. The maximum Gasteiger partial charge on any atom is 0.308 e. The summed E-state index contributed by atoms with van der Waals surface area (Å²) in [4.78, 5) is 22.2. The van der Waals surface area contributed by atoms with Gasteiger partial charge in [-0.05, 0) is 13.8 Å². The van der Waals surface area contributed by atoms with E-state index in [1.54, 1.807) is 13.8 Å². The molecule has 196 valence electrons. The van der Waals surface area contributed by atoms with Gasteiger partial charge < -0.3 is 42.6 Å². The molecule has 0 atom stereocenters. The molecule has 0 amide bonds. The minimum Gasteiger partial charge on any atom is -0.466 e. The Hall–Kier alpha value is -1.34. The maximum atomic E-state index is 11.1. The number of ether oxygens (including phenoxy) is 9. The van der Waals surface area contributed by atoms with Crippen LogP contribution in [-0.2, 0) is 52.2 Å². The van der Waals surface area contributed by atoms with E-state index in [2.05, 4.69) is 0 Å². The van der Waals surface area contributed by atoms with Crippen LogP contribution in [0, 0.1) is 0 Å². The first-order valence-corrected chi connectivity index (χ1v) is 11.6. The molecule has 0 heterocycles. The molecule has 11 nitrogen and oxygen atoms in total. The van der Waals surface area contributed by atoms with Gasteiger partial charge in [-0.3, -0.25) is 9.59 Å². The molecular weight excluding hydrogens is 440 g/mol. The van der Waals surface area contributed by atoms with Crippen LogP contribution in [0.2, 0.25) is 0 Å². The first-order valence-electron chi connectivity index (χ1n) is 11.6. The zero-order valence-electron chi connectivity index (χ0n) is 20.2. The standard InChI is InChI=1S/C22H42O11/c1-3-32-21(23)5-7-25-9-11-27-13-15-29-17-19-31-20-18-30-16-14-28-12-10-26-8-6-22(24)33-4-2/h3-20H2,1-2H3. The highest BCUT2D eigenvalue weighted by Gasteiger charge is 2.01. The lowest BCUT2D eigenvalue weighted by atomic mass is 10.5. The molecule has 0 aromatic heterocycles. The van der Waals surface area contributed by atoms with Crippen LogP contribution in [0.1, 0.15) is 26.7 Å². The van der Waals surface area contributed by atoms with Gasteiger partial charge in [-0.2, -0.15) is 0 Å². The molecule has 0 unspecified atom stereocenters. The van der Waals surface area contributed by atoms with Crippen LogP contribution in [0.3, 0.4) is 0 Å². The fourth-order valence-electron chi connectivity index (χ4n) is 2.20. The van der Waals surface area contributed by atoms with Crippen LogP contribution in [0.5, 0.6) is 0 Å². The van der Waals surface area contributed by atoms with Gasteiger partial charge in [0.05, 0.1) is 119 Å². The van der Waals surface area contributed by atoms with Crippen molar-refractivity contribution in [3.63, 3.8) is 0 Å². The predicted molar refractivity (Wildman–Crippen MR) is 118 cm³/mol. The molecule has 0 aliphatic rings. The summed E-state index contributed by atoms with van der Waals surface area (Å²) >= 11 is 0. The van der Waals surface area contributed by atoms with Crippen molar-refractivity contribution in [3.05, 3.63) is 0 Å². The molecule has 0 fully saturated rings. The molecule has 0 saturated heterocycles. The van der Waals surface area contributed by atoms with E-state index in [0.717, 1.165) is 0 Å². The Morgan fingerprint density at radius 3 is 0.818 bits per heavy atom. The van der Waals surface area contributed by atoms with Gasteiger partial charge in [0.15, 0.2) is 0 Å². The molecule has 0 spiro atoms. The van der Waals surface area contributed by atoms with Gasteiger partial charge in [-0.1, -0.05) is 0 Å². The molecule has 0 aliphatic carbocycles. The van der Waals surface area contributed by atoms with E-state index in [9.17, 15) is 9.59 Å². The summed E-state index contributed by atoms with van der Waals surface area (Å²) in [6, 6.07) is 0. The second-order valence-corrected chi connectivity index (χ2v) is 6.40. The van der Waals surface area contributed by atoms with Crippen molar-refractivity contribution in [2.75, 3.05) is 106 Å². The fourth-order valence-corrected chi connectivity index (χ4v) is 2.20. The third-order valence-corrected chi connectivity index (χ3v) is 3.74. The van der Waals surface area contributed by atoms with Crippen LogP contribution < -0.4 is 0 Å². The van der Waals surface area contributed by atoms with E-state index in [4.69, 9.17) is 42.6 Å². The van der Waals surface area contributed by atoms with Crippen molar-refractivity contribution >= 4 is 11.9 Å². The van der Waals surface area contributed by atoms with Crippen molar-refractivity contribution in [2.45, 2.75) is 26.7 Å². The third-order valence-electron chi connectivity index (χ3n) is 3.74. The molecule has 0 rings (SSSR count). The Balaban J connectivity index is 3.08. The van der Waals surface area contributed by atoms with Crippen molar-refractivity contribution in [1.82, 2.24) is 0 Å². The summed E-state index contributed by atoms with van der Waals surface area (Å²) in [5.74, 6) is -0.505. The lowest BCUT2D eigenvalue weighted by Gasteiger charge is -2.08. The Labute approximate surface area is 197 Å². The Kier molecular flexibility index (Phi) is 25.8. The number of carbonyl (C=O) groups is 2. The highest BCUT2D eigenvalue weighted by Crippen LogP contribution is 1.90. The minimum absolute atomic E-state index is 0.253. The SMILES string of the molecule is CCOC(=O)CCOCCOCCOCCOCCOCCOCCOCCC(=O)OCC. The number of hydrogen-bond acceptors (Lipinski definition) is 11. The van der Waals surface area contributed by atoms with E-state index < -0.39 is 0 Å². The van der Waals surface area contributed by atoms with E-state index >= 15 is 0 Å². The number of esters is 2. The molecule has 33 heavy (non-hydrogen) atoms. The van der Waals surface area contributed by atoms with Gasteiger partial charge in [-0.25, -0.2) is 0 Å². The second kappa shape index (κ2) is 26.9. The molecular formula is C22H42O11. The van der Waals surface area contributed by atoms with Crippen molar-refractivity contribution in [3.8, 4) is 0 Å². The smallest absolute Gasteiger partial charge is 0.308 e. The molecule has 0 N–H and O–H groups in total. The fraction of sp³-hybridized carbons (Fsp3) is 0.909. The van der Waals surface area contributed by atoms with Crippen LogP contribution in [-0.4, -0.2) is 118 Å². The summed E-state index contributed by atoms with van der Waals surface area (Å²) in [6.07, 6.45) is 0.512. The van der Waals surface area contributed by atoms with Crippen LogP contribution in [0.4, 0.5) is 0 Å². The number of hydrogen-bond donors (Lipinski definition) is 0. The van der Waals surface area contributed by atoms with Crippen molar-refractivity contribution in [1.29, 1.82) is 0 Å². The van der Waals surface area contributed by atoms with Crippen LogP contribution in [0.25, 0.3) is 0 Å². The molecule has 0 radical (unpaired) electrons. The van der Waals surface area contributed by atoms with E-state index in [0.29, 0.717) is 106 Å². The van der Waals surface area contributed by atoms with Gasteiger partial charge in [-0.15, -0.1) is 0 Å². The van der Waals surface area contributed by atoms with Gasteiger partial charge in [0.2, 0.25) is 0 Å². The Morgan fingerprint density at radius 2 is 0.606 bits per heavy atom. The Morgan fingerprint density at radius 1 is 0.394 bits per heavy atom. The van der Waals surface area contributed by atoms with Gasteiger partial charge in [0, 0.05) is 0 Å². The predicted octanol–water partition coefficient (Wildman–Crippen LogP) is 1.01.